The molecule has 2 aromatic heterocycles. The van der Waals surface area contributed by atoms with Crippen LogP contribution in [0.15, 0.2) is 33.4 Å². The van der Waals surface area contributed by atoms with Gasteiger partial charge in [-0.15, -0.1) is 5.10 Å². The van der Waals surface area contributed by atoms with Crippen molar-refractivity contribution in [1.29, 1.82) is 0 Å². The Labute approximate surface area is 205 Å². The summed E-state index contributed by atoms with van der Waals surface area (Å²) >= 11 is 0.343. The van der Waals surface area contributed by atoms with Crippen molar-refractivity contribution in [3.8, 4) is 0 Å². The van der Waals surface area contributed by atoms with Crippen molar-refractivity contribution in [3.63, 3.8) is 0 Å². The summed E-state index contributed by atoms with van der Waals surface area (Å²) in [6.45, 7) is 7.96. The van der Waals surface area contributed by atoms with Crippen LogP contribution < -0.4 is 10.2 Å². The number of ether oxygens (including phenoxy) is 1. The predicted octanol–water partition coefficient (Wildman–Crippen LogP) is 2.55. The van der Waals surface area contributed by atoms with Gasteiger partial charge in [0.15, 0.2) is 11.3 Å². The van der Waals surface area contributed by atoms with E-state index in [1.54, 1.807) is 30.4 Å². The molecule has 13 heteroatoms. The first kappa shape index (κ1) is 23.2. The molecule has 0 radical (unpaired) electrons. The van der Waals surface area contributed by atoms with Crippen LogP contribution >= 0.6 is 11.8 Å². The van der Waals surface area contributed by atoms with Gasteiger partial charge in [0.25, 0.3) is 5.23 Å². The van der Waals surface area contributed by atoms with E-state index < -0.39 is 11.2 Å². The Morgan fingerprint density at radius 1 is 1.24 bits per heavy atom. The molecule has 3 aliphatic heterocycles. The van der Waals surface area contributed by atoms with Gasteiger partial charge in [0.2, 0.25) is 0 Å². The molecule has 0 amide bonds. The van der Waals surface area contributed by atoms with E-state index in [4.69, 9.17) is 9.26 Å². The van der Waals surface area contributed by atoms with Gasteiger partial charge in [-0.2, -0.15) is 15.0 Å². The second kappa shape index (κ2) is 9.62. The number of hydrogen-bond donors (Lipinski definition) is 1. The molecule has 0 aromatic carbocycles. The van der Waals surface area contributed by atoms with Gasteiger partial charge in [-0.3, -0.25) is 0 Å². The Morgan fingerprint density at radius 2 is 1.97 bits per heavy atom. The van der Waals surface area contributed by atoms with Crippen molar-refractivity contribution in [3.05, 3.63) is 30.0 Å². The van der Waals surface area contributed by atoms with Crippen molar-refractivity contribution in [2.75, 3.05) is 24.2 Å². The molecule has 0 saturated carbocycles. The number of hydrazone groups is 1. The number of hydrogen-bond acceptors (Lipinski definition) is 12. The monoisotopic (exact) mass is 504 g/mol. The maximum Gasteiger partial charge on any atom is 0.342 e. The minimum Gasteiger partial charge on any atom is -0.609 e. The van der Waals surface area contributed by atoms with Gasteiger partial charge in [-0.05, 0) is 37.4 Å². The molecule has 3 atom stereocenters. The maximum atomic E-state index is 11.5. The first-order valence-corrected chi connectivity index (χ1v) is 13.7. The summed E-state index contributed by atoms with van der Waals surface area (Å²) in [5.41, 5.74) is 1.63. The highest BCUT2D eigenvalue weighted by molar-refractivity contribution is 8.14. The molecule has 0 spiro atoms. The number of aromatic nitrogens is 4. The van der Waals surface area contributed by atoms with Crippen molar-refractivity contribution in [2.45, 2.75) is 56.3 Å². The SMILES string of the molecule is CC(C)c1noc(N2CCC(C(C)OC3=NN4C=C(c5cnc([S+](C)[O-])nc5)NC4S3)CC2)n1. The molecule has 1 N–H and O–H groups in total. The van der Waals surface area contributed by atoms with Gasteiger partial charge >= 0.3 is 11.2 Å². The first-order chi connectivity index (χ1) is 16.4. The van der Waals surface area contributed by atoms with Crippen LogP contribution in [0.5, 0.6) is 0 Å². The van der Waals surface area contributed by atoms with Crippen molar-refractivity contribution >= 4 is 39.9 Å². The molecule has 1 fully saturated rings. The summed E-state index contributed by atoms with van der Waals surface area (Å²) in [7, 11) is 0. The number of thioether (sulfide) groups is 1. The summed E-state index contributed by atoms with van der Waals surface area (Å²) in [5.74, 6) is 1.44. The molecule has 182 valence electrons. The average molecular weight is 505 g/mol. The lowest BCUT2D eigenvalue weighted by molar-refractivity contribution is 0.124. The van der Waals surface area contributed by atoms with Crippen LogP contribution in [-0.2, 0) is 15.9 Å². The normalized spacial score (nSPS) is 22.4. The second-order valence-corrected chi connectivity index (χ2v) is 11.2. The topological polar surface area (TPSA) is 128 Å². The fraction of sp³-hybridized carbons (Fsp3) is 0.571. The average Bonchev–Trinajstić information content (AvgIpc) is 3.54. The summed E-state index contributed by atoms with van der Waals surface area (Å²) in [6, 6.07) is 0.615. The highest BCUT2D eigenvalue weighted by atomic mass is 32.2. The van der Waals surface area contributed by atoms with Gasteiger partial charge in [0.05, 0.1) is 11.9 Å². The van der Waals surface area contributed by atoms with Crippen molar-refractivity contribution in [2.24, 2.45) is 11.0 Å². The van der Waals surface area contributed by atoms with Crippen LogP contribution in [0.25, 0.3) is 5.70 Å². The predicted molar refractivity (Wildman–Crippen MR) is 130 cm³/mol. The van der Waals surface area contributed by atoms with E-state index in [1.165, 1.54) is 0 Å². The van der Waals surface area contributed by atoms with E-state index in [2.05, 4.69) is 56.2 Å². The molecule has 34 heavy (non-hydrogen) atoms. The zero-order valence-electron chi connectivity index (χ0n) is 19.5. The Balaban J connectivity index is 1.14. The van der Waals surface area contributed by atoms with E-state index in [0.29, 0.717) is 22.3 Å². The molecular weight excluding hydrogens is 476 g/mol. The van der Waals surface area contributed by atoms with Crippen LogP contribution in [0.4, 0.5) is 6.01 Å². The lowest BCUT2D eigenvalue weighted by Crippen LogP contribution is -2.38. The zero-order chi connectivity index (χ0) is 23.8. The van der Waals surface area contributed by atoms with Crippen molar-refractivity contribution in [1.82, 2.24) is 30.4 Å². The fourth-order valence-corrected chi connectivity index (χ4v) is 5.38. The summed E-state index contributed by atoms with van der Waals surface area (Å²) in [5, 5.41) is 14.9. The molecule has 5 heterocycles. The number of fused-ring (bicyclic) bond motifs is 1. The first-order valence-electron chi connectivity index (χ1n) is 11.3. The van der Waals surface area contributed by atoms with Gasteiger partial charge < -0.3 is 24.0 Å². The van der Waals surface area contributed by atoms with Gasteiger partial charge in [-0.25, -0.2) is 5.01 Å². The van der Waals surface area contributed by atoms with Crippen molar-refractivity contribution < 1.29 is 13.8 Å². The number of rotatable bonds is 6. The molecular formula is C21H28N8O3S2. The quantitative estimate of drug-likeness (QED) is 0.460. The number of piperidine rings is 1. The molecule has 5 rings (SSSR count). The lowest BCUT2D eigenvalue weighted by atomic mass is 9.92. The molecule has 0 aliphatic carbocycles. The molecule has 0 bridgehead atoms. The molecule has 1 saturated heterocycles. The van der Waals surface area contributed by atoms with Crippen LogP contribution in [0.1, 0.15) is 50.9 Å². The Bertz CT molecular complexity index is 1070. The van der Waals surface area contributed by atoms with Gasteiger partial charge in [0.1, 0.15) is 12.4 Å². The highest BCUT2D eigenvalue weighted by Crippen LogP contribution is 2.35. The summed E-state index contributed by atoms with van der Waals surface area (Å²) in [6.07, 6.45) is 8.85. The van der Waals surface area contributed by atoms with E-state index in [0.717, 1.165) is 43.0 Å². The lowest BCUT2D eigenvalue weighted by Gasteiger charge is -2.33. The fourth-order valence-electron chi connectivity index (χ4n) is 4.03. The third-order valence-electron chi connectivity index (χ3n) is 6.09. The number of anilines is 1. The maximum absolute atomic E-state index is 11.5. The Kier molecular flexibility index (Phi) is 6.58. The number of nitrogens with one attached hydrogen (secondary N) is 1. The van der Waals surface area contributed by atoms with Crippen LogP contribution in [0.3, 0.4) is 0 Å². The van der Waals surface area contributed by atoms with Gasteiger partial charge in [-0.1, -0.05) is 19.0 Å². The van der Waals surface area contributed by atoms with Gasteiger partial charge in [0, 0.05) is 48.1 Å². The van der Waals surface area contributed by atoms with Crippen LogP contribution in [0.2, 0.25) is 0 Å². The Hall–Kier alpha value is -2.51. The van der Waals surface area contributed by atoms with Crippen LogP contribution in [-0.4, -0.2) is 65.8 Å². The molecule has 3 unspecified atom stereocenters. The summed E-state index contributed by atoms with van der Waals surface area (Å²) in [4.78, 5) is 15.0. The Morgan fingerprint density at radius 3 is 2.59 bits per heavy atom. The minimum absolute atomic E-state index is 0.0571. The summed E-state index contributed by atoms with van der Waals surface area (Å²) < 4.78 is 23.1. The second-order valence-electron chi connectivity index (χ2n) is 8.85. The standard InChI is InChI=1S/C21H28N8O3S2/c1-12(2)17-25-19(32-27-17)28-7-5-14(6-8-28)13(3)31-21-26-29-11-16(24-20(29)33-21)15-9-22-18(23-10-15)34(4)30/h9-14,20,24H,5-8H2,1-4H3. The number of nitrogens with zero attached hydrogens (tertiary/aromatic N) is 7. The molecule has 11 nitrogen and oxygen atoms in total. The third kappa shape index (κ3) is 4.82. The molecule has 3 aliphatic rings. The largest absolute Gasteiger partial charge is 0.609 e. The minimum atomic E-state index is -1.20. The van der Waals surface area contributed by atoms with E-state index in [9.17, 15) is 4.55 Å². The van der Waals surface area contributed by atoms with E-state index in [-0.39, 0.29) is 17.5 Å². The highest BCUT2D eigenvalue weighted by Gasteiger charge is 2.36. The smallest absolute Gasteiger partial charge is 0.342 e. The molecule has 2 aromatic rings. The van der Waals surface area contributed by atoms with Crippen LogP contribution in [0, 0.1) is 5.92 Å². The third-order valence-corrected chi connectivity index (χ3v) is 7.76. The zero-order valence-corrected chi connectivity index (χ0v) is 21.2. The van der Waals surface area contributed by atoms with E-state index >= 15 is 0 Å². The van der Waals surface area contributed by atoms with E-state index in [1.807, 2.05) is 11.2 Å².